The van der Waals surface area contributed by atoms with Crippen LogP contribution in [-0.4, -0.2) is 51.0 Å². The van der Waals surface area contributed by atoms with E-state index >= 15 is 0 Å². The van der Waals surface area contributed by atoms with Crippen LogP contribution in [0.3, 0.4) is 0 Å². The highest BCUT2D eigenvalue weighted by Crippen LogP contribution is 2.23. The van der Waals surface area contributed by atoms with Gasteiger partial charge in [0.1, 0.15) is 17.9 Å². The molecule has 8 heteroatoms. The fraction of sp³-hybridized carbons (Fsp3) is 0.476. The van der Waals surface area contributed by atoms with Gasteiger partial charge in [0.05, 0.1) is 5.56 Å². The van der Waals surface area contributed by atoms with Gasteiger partial charge in [0.25, 0.3) is 5.91 Å². The Morgan fingerprint density at radius 2 is 1.90 bits per heavy atom. The molecule has 158 valence electrons. The lowest BCUT2D eigenvalue weighted by Crippen LogP contribution is -2.47. The molecule has 3 amide bonds. The molecule has 0 radical (unpaired) electrons. The molecule has 1 aromatic rings. The molecule has 0 spiro atoms. The third-order valence-corrected chi connectivity index (χ3v) is 4.96. The number of hydrogen-bond acceptors (Lipinski definition) is 5. The highest BCUT2D eigenvalue weighted by atomic mass is 16.3. The van der Waals surface area contributed by atoms with Crippen molar-refractivity contribution >= 4 is 17.7 Å². The molecule has 0 saturated carbocycles. The minimum atomic E-state index is -1.10. The summed E-state index contributed by atoms with van der Waals surface area (Å²) in [5.41, 5.74) is 5.16. The summed E-state index contributed by atoms with van der Waals surface area (Å²) in [6.45, 7) is 1.90. The van der Waals surface area contributed by atoms with Gasteiger partial charge < -0.3 is 26.2 Å². The molecule has 1 heterocycles. The van der Waals surface area contributed by atoms with E-state index in [4.69, 9.17) is 5.73 Å². The Morgan fingerprint density at radius 3 is 2.59 bits per heavy atom. The van der Waals surface area contributed by atoms with Crippen LogP contribution in [0.15, 0.2) is 36.5 Å². The number of aromatic hydroxyl groups is 1. The van der Waals surface area contributed by atoms with Crippen molar-refractivity contribution in [1.29, 1.82) is 0 Å². The second-order valence-electron chi connectivity index (χ2n) is 7.33. The predicted octanol–water partition coefficient (Wildman–Crippen LogP) is 1.42. The summed E-state index contributed by atoms with van der Waals surface area (Å²) in [4.78, 5) is 37.5. The van der Waals surface area contributed by atoms with Gasteiger partial charge in [-0.25, -0.2) is 0 Å². The Balaban J connectivity index is 1.80. The van der Waals surface area contributed by atoms with Crippen LogP contribution in [0.5, 0.6) is 5.75 Å². The van der Waals surface area contributed by atoms with Crippen LogP contribution in [0.25, 0.3) is 0 Å². The maximum absolute atomic E-state index is 12.7. The van der Waals surface area contributed by atoms with Crippen molar-refractivity contribution in [2.45, 2.75) is 63.6 Å². The van der Waals surface area contributed by atoms with Crippen molar-refractivity contribution in [3.63, 3.8) is 0 Å². The van der Waals surface area contributed by atoms with Crippen LogP contribution in [0.2, 0.25) is 0 Å². The Labute approximate surface area is 170 Å². The summed E-state index contributed by atoms with van der Waals surface area (Å²) in [7, 11) is 0. The van der Waals surface area contributed by atoms with E-state index in [0.717, 1.165) is 19.3 Å². The maximum atomic E-state index is 12.7. The zero-order valence-corrected chi connectivity index (χ0v) is 16.6. The average Bonchev–Trinajstić information content (AvgIpc) is 3.17. The second kappa shape index (κ2) is 10.6. The Morgan fingerprint density at radius 1 is 1.21 bits per heavy atom. The number of carbonyl (C=O) groups is 3. The fourth-order valence-corrected chi connectivity index (χ4v) is 3.28. The average molecular weight is 403 g/mol. The van der Waals surface area contributed by atoms with Crippen molar-refractivity contribution in [1.82, 2.24) is 10.2 Å². The van der Waals surface area contributed by atoms with Crippen molar-refractivity contribution in [3.8, 4) is 5.75 Å². The van der Waals surface area contributed by atoms with Crippen molar-refractivity contribution in [2.75, 3.05) is 0 Å². The molecule has 5 N–H and O–H groups in total. The third-order valence-electron chi connectivity index (χ3n) is 4.96. The standard InChI is InChI=1S/C21H29N3O5/c1-14(8-3-2-4-12-18(26)19(22)27)23-20(28)16-10-7-13-24(16)21(29)15-9-5-6-11-17(15)25/h5-7,9,11,13-14,16,18,25-26H,2-4,8,10,12H2,1H3,(H2,22,27)(H,23,28)/t14-,16+,18-/m1/s1. The molecule has 1 aliphatic heterocycles. The lowest BCUT2D eigenvalue weighted by atomic mass is 10.1. The van der Waals surface area contributed by atoms with E-state index in [9.17, 15) is 24.6 Å². The maximum Gasteiger partial charge on any atom is 0.262 e. The molecule has 3 atom stereocenters. The topological polar surface area (TPSA) is 133 Å². The molecule has 0 saturated heterocycles. The van der Waals surface area contributed by atoms with Crippen molar-refractivity contribution in [3.05, 3.63) is 42.1 Å². The normalized spacial score (nSPS) is 17.7. The molecular formula is C21H29N3O5. The van der Waals surface area contributed by atoms with Gasteiger partial charge in [-0.05, 0) is 38.3 Å². The van der Waals surface area contributed by atoms with E-state index < -0.39 is 24.0 Å². The number of phenols is 1. The summed E-state index contributed by atoms with van der Waals surface area (Å²) < 4.78 is 0. The minimum Gasteiger partial charge on any atom is -0.507 e. The van der Waals surface area contributed by atoms with Crippen LogP contribution >= 0.6 is 0 Å². The quantitative estimate of drug-likeness (QED) is 0.439. The lowest BCUT2D eigenvalue weighted by molar-refractivity contribution is -0.126. The molecule has 0 unspecified atom stereocenters. The number of carbonyl (C=O) groups excluding carboxylic acids is 3. The van der Waals surface area contributed by atoms with E-state index in [0.29, 0.717) is 19.3 Å². The van der Waals surface area contributed by atoms with Gasteiger partial charge in [-0.2, -0.15) is 0 Å². The molecule has 0 fully saturated rings. The number of unbranched alkanes of at least 4 members (excludes halogenated alkanes) is 2. The SMILES string of the molecule is C[C@H](CCCCC[C@@H](O)C(N)=O)NC(=O)[C@@H]1CC=CN1C(=O)c1ccccc1O. The second-order valence-corrected chi connectivity index (χ2v) is 7.33. The largest absolute Gasteiger partial charge is 0.507 e. The number of hydrogen-bond donors (Lipinski definition) is 4. The van der Waals surface area contributed by atoms with E-state index in [2.05, 4.69) is 5.32 Å². The highest BCUT2D eigenvalue weighted by Gasteiger charge is 2.32. The number of aliphatic hydroxyl groups is 1. The monoisotopic (exact) mass is 403 g/mol. The van der Waals surface area contributed by atoms with Gasteiger partial charge in [-0.1, -0.05) is 37.5 Å². The number of benzene rings is 1. The van der Waals surface area contributed by atoms with Gasteiger partial charge in [0, 0.05) is 12.2 Å². The fourth-order valence-electron chi connectivity index (χ4n) is 3.28. The number of rotatable bonds is 10. The van der Waals surface area contributed by atoms with Crippen molar-refractivity contribution in [2.24, 2.45) is 5.73 Å². The smallest absolute Gasteiger partial charge is 0.262 e. The predicted molar refractivity (Wildman–Crippen MR) is 108 cm³/mol. The van der Waals surface area contributed by atoms with Crippen LogP contribution in [0.4, 0.5) is 0 Å². The number of nitrogens with two attached hydrogens (primary N) is 1. The van der Waals surface area contributed by atoms with Gasteiger partial charge in [0.15, 0.2) is 0 Å². The van der Waals surface area contributed by atoms with Crippen LogP contribution in [0.1, 0.15) is 55.8 Å². The molecule has 29 heavy (non-hydrogen) atoms. The summed E-state index contributed by atoms with van der Waals surface area (Å²) >= 11 is 0. The molecule has 1 aromatic carbocycles. The summed E-state index contributed by atoms with van der Waals surface area (Å²) in [6, 6.07) is 5.53. The van der Waals surface area contributed by atoms with E-state index in [-0.39, 0.29) is 23.3 Å². The molecule has 0 aliphatic carbocycles. The Bertz CT molecular complexity index is 764. The summed E-state index contributed by atoms with van der Waals surface area (Å²) in [5.74, 6) is -1.49. The van der Waals surface area contributed by atoms with Gasteiger partial charge >= 0.3 is 0 Å². The molecule has 8 nitrogen and oxygen atoms in total. The number of phenolic OH excluding ortho intramolecular Hbond substituents is 1. The minimum absolute atomic E-state index is 0.0776. The molecule has 0 aromatic heterocycles. The molecular weight excluding hydrogens is 374 g/mol. The van der Waals surface area contributed by atoms with Crippen LogP contribution in [-0.2, 0) is 9.59 Å². The van der Waals surface area contributed by atoms with E-state index in [1.165, 1.54) is 17.0 Å². The van der Waals surface area contributed by atoms with Gasteiger partial charge in [-0.3, -0.25) is 14.4 Å². The first-order valence-electron chi connectivity index (χ1n) is 9.86. The van der Waals surface area contributed by atoms with Crippen LogP contribution in [0, 0.1) is 0 Å². The first kappa shape index (κ1) is 22.4. The van der Waals surface area contributed by atoms with Crippen molar-refractivity contribution < 1.29 is 24.6 Å². The Hall–Kier alpha value is -2.87. The number of primary amides is 1. The number of nitrogens with one attached hydrogen (secondary N) is 1. The first-order chi connectivity index (χ1) is 13.8. The molecule has 2 rings (SSSR count). The number of aliphatic hydroxyl groups excluding tert-OH is 1. The Kier molecular flexibility index (Phi) is 8.21. The highest BCUT2D eigenvalue weighted by molar-refractivity contribution is 6.00. The summed E-state index contributed by atoms with van der Waals surface area (Å²) in [6.07, 6.45) is 6.06. The zero-order valence-electron chi connectivity index (χ0n) is 16.6. The van der Waals surface area contributed by atoms with E-state index in [1.54, 1.807) is 24.4 Å². The van der Waals surface area contributed by atoms with Crippen LogP contribution < -0.4 is 11.1 Å². The first-order valence-corrected chi connectivity index (χ1v) is 9.86. The number of nitrogens with zero attached hydrogens (tertiary/aromatic N) is 1. The van der Waals surface area contributed by atoms with E-state index in [1.807, 2.05) is 6.92 Å². The summed E-state index contributed by atoms with van der Waals surface area (Å²) in [5, 5.41) is 22.2. The molecule has 1 aliphatic rings. The van der Waals surface area contributed by atoms with Gasteiger partial charge in [0.2, 0.25) is 11.8 Å². The lowest BCUT2D eigenvalue weighted by Gasteiger charge is -2.25. The van der Waals surface area contributed by atoms with Gasteiger partial charge in [-0.15, -0.1) is 0 Å². The molecule has 0 bridgehead atoms. The third kappa shape index (κ3) is 6.32. The number of amides is 3. The zero-order chi connectivity index (χ0) is 21.4. The number of para-hydroxylation sites is 1.